The molecule has 1 rings (SSSR count). The smallest absolute Gasteiger partial charge is 0.133 e. The van der Waals surface area contributed by atoms with Crippen LogP contribution in [0.15, 0.2) is 22.7 Å². The van der Waals surface area contributed by atoms with E-state index in [4.69, 9.17) is 15.2 Å². The van der Waals surface area contributed by atoms with E-state index in [1.807, 2.05) is 6.07 Å². The predicted octanol–water partition coefficient (Wildman–Crippen LogP) is 4.83. The Morgan fingerprint density at radius 2 is 1.90 bits per heavy atom. The summed E-state index contributed by atoms with van der Waals surface area (Å²) in [5.74, 6) is 0.839. The molecule has 1 unspecified atom stereocenters. The van der Waals surface area contributed by atoms with Crippen molar-refractivity contribution in [2.24, 2.45) is 5.73 Å². The van der Waals surface area contributed by atoms with Crippen LogP contribution >= 0.6 is 15.9 Å². The van der Waals surface area contributed by atoms with Gasteiger partial charge in [0.1, 0.15) is 12.4 Å². The summed E-state index contributed by atoms with van der Waals surface area (Å²) in [7, 11) is 1.67. The molecule has 4 heteroatoms. The highest BCUT2D eigenvalue weighted by Crippen LogP contribution is 2.29. The van der Waals surface area contributed by atoms with E-state index < -0.39 is 0 Å². The molecule has 0 aromatic heterocycles. The van der Waals surface area contributed by atoms with Gasteiger partial charge in [-0.25, -0.2) is 0 Å². The normalized spacial score (nSPS) is 12.4. The van der Waals surface area contributed by atoms with E-state index in [0.29, 0.717) is 13.2 Å². The summed E-state index contributed by atoms with van der Waals surface area (Å²) in [5.41, 5.74) is 7.43. The van der Waals surface area contributed by atoms with Gasteiger partial charge >= 0.3 is 0 Å². The highest BCUT2D eigenvalue weighted by atomic mass is 79.9. The zero-order valence-corrected chi connectivity index (χ0v) is 14.8. The van der Waals surface area contributed by atoms with Crippen LogP contribution < -0.4 is 10.5 Å². The molecular formula is C17H28BrNO2. The van der Waals surface area contributed by atoms with E-state index in [9.17, 15) is 0 Å². The van der Waals surface area contributed by atoms with Crippen LogP contribution in [0.2, 0.25) is 0 Å². The Bertz CT molecular complexity index is 398. The van der Waals surface area contributed by atoms with Crippen molar-refractivity contribution >= 4 is 15.9 Å². The van der Waals surface area contributed by atoms with Gasteiger partial charge in [0, 0.05) is 13.2 Å². The standard InChI is InChI=1S/C17H28BrNO2/c1-3-4-5-6-7-8-16(19)14-9-10-17(15(18)13-14)21-12-11-20-2/h9-10,13,16H,3-8,11-12,19H2,1-2H3. The van der Waals surface area contributed by atoms with Gasteiger partial charge in [0.2, 0.25) is 0 Å². The topological polar surface area (TPSA) is 44.5 Å². The van der Waals surface area contributed by atoms with Crippen molar-refractivity contribution in [2.75, 3.05) is 20.3 Å². The average Bonchev–Trinajstić information content (AvgIpc) is 2.48. The maximum absolute atomic E-state index is 6.27. The molecule has 2 N–H and O–H groups in total. The van der Waals surface area contributed by atoms with Crippen LogP contribution in [0.3, 0.4) is 0 Å². The molecule has 3 nitrogen and oxygen atoms in total. The van der Waals surface area contributed by atoms with Crippen molar-refractivity contribution in [1.82, 2.24) is 0 Å². The van der Waals surface area contributed by atoms with Crippen LogP contribution in [0.25, 0.3) is 0 Å². The molecule has 0 fully saturated rings. The van der Waals surface area contributed by atoms with Crippen molar-refractivity contribution in [1.29, 1.82) is 0 Å². The van der Waals surface area contributed by atoms with E-state index in [2.05, 4.69) is 35.0 Å². The van der Waals surface area contributed by atoms with Crippen molar-refractivity contribution < 1.29 is 9.47 Å². The molecule has 120 valence electrons. The van der Waals surface area contributed by atoms with Gasteiger partial charge in [-0.3, -0.25) is 0 Å². The zero-order chi connectivity index (χ0) is 15.5. The van der Waals surface area contributed by atoms with Gasteiger partial charge < -0.3 is 15.2 Å². The minimum atomic E-state index is 0.107. The van der Waals surface area contributed by atoms with Gasteiger partial charge in [0.05, 0.1) is 11.1 Å². The second-order valence-corrected chi connectivity index (χ2v) is 6.19. The minimum Gasteiger partial charge on any atom is -0.490 e. The van der Waals surface area contributed by atoms with Gasteiger partial charge in [-0.2, -0.15) is 0 Å². The number of methoxy groups -OCH3 is 1. The maximum Gasteiger partial charge on any atom is 0.133 e. The highest BCUT2D eigenvalue weighted by Gasteiger charge is 2.09. The summed E-state index contributed by atoms with van der Waals surface area (Å²) in [5, 5.41) is 0. The minimum absolute atomic E-state index is 0.107. The molecule has 21 heavy (non-hydrogen) atoms. The SMILES string of the molecule is CCCCCCCC(N)c1ccc(OCCOC)c(Br)c1. The highest BCUT2D eigenvalue weighted by molar-refractivity contribution is 9.10. The number of benzene rings is 1. The first-order valence-corrected chi connectivity index (χ1v) is 8.65. The molecule has 0 amide bonds. The Morgan fingerprint density at radius 1 is 1.14 bits per heavy atom. The molecule has 0 saturated carbocycles. The first-order valence-electron chi connectivity index (χ1n) is 7.85. The van der Waals surface area contributed by atoms with Crippen LogP contribution in [0.1, 0.15) is 57.1 Å². The molecule has 1 aromatic rings. The van der Waals surface area contributed by atoms with Crippen LogP contribution in [0.5, 0.6) is 5.75 Å². The molecule has 0 heterocycles. The van der Waals surface area contributed by atoms with Crippen LogP contribution in [-0.4, -0.2) is 20.3 Å². The number of hydrogen-bond acceptors (Lipinski definition) is 3. The van der Waals surface area contributed by atoms with Gasteiger partial charge in [-0.05, 0) is 40.0 Å². The van der Waals surface area contributed by atoms with Crippen molar-refractivity contribution in [2.45, 2.75) is 51.5 Å². The Morgan fingerprint density at radius 3 is 2.57 bits per heavy atom. The Kier molecular flexibility index (Phi) is 9.72. The summed E-state index contributed by atoms with van der Waals surface area (Å²) in [6.07, 6.45) is 7.45. The molecule has 0 bridgehead atoms. The number of rotatable bonds is 11. The Labute approximate surface area is 137 Å². The number of halogens is 1. The molecular weight excluding hydrogens is 330 g/mol. The van der Waals surface area contributed by atoms with Crippen LogP contribution in [0, 0.1) is 0 Å². The van der Waals surface area contributed by atoms with E-state index in [1.54, 1.807) is 7.11 Å². The predicted molar refractivity (Wildman–Crippen MR) is 91.8 cm³/mol. The molecule has 0 radical (unpaired) electrons. The number of unbranched alkanes of at least 4 members (excludes halogenated alkanes) is 4. The maximum atomic E-state index is 6.27. The quantitative estimate of drug-likeness (QED) is 0.576. The molecule has 0 aliphatic rings. The summed E-state index contributed by atoms with van der Waals surface area (Å²) in [4.78, 5) is 0. The van der Waals surface area contributed by atoms with E-state index in [0.717, 1.165) is 22.2 Å². The van der Waals surface area contributed by atoms with E-state index in [-0.39, 0.29) is 6.04 Å². The fourth-order valence-electron chi connectivity index (χ4n) is 2.23. The average molecular weight is 358 g/mol. The molecule has 0 aliphatic heterocycles. The number of nitrogens with two attached hydrogens (primary N) is 1. The fourth-order valence-corrected chi connectivity index (χ4v) is 2.75. The molecule has 0 spiro atoms. The molecule has 1 aromatic carbocycles. The first kappa shape index (κ1) is 18.5. The van der Waals surface area contributed by atoms with Gasteiger partial charge in [-0.15, -0.1) is 0 Å². The largest absolute Gasteiger partial charge is 0.490 e. The van der Waals surface area contributed by atoms with E-state index in [1.165, 1.54) is 32.1 Å². The third kappa shape index (κ3) is 7.30. The summed E-state index contributed by atoms with van der Waals surface area (Å²) in [6.45, 7) is 3.38. The lowest BCUT2D eigenvalue weighted by Crippen LogP contribution is -2.10. The first-order chi connectivity index (χ1) is 10.2. The lowest BCUT2D eigenvalue weighted by Gasteiger charge is -2.14. The third-order valence-electron chi connectivity index (χ3n) is 3.55. The van der Waals surface area contributed by atoms with Crippen LogP contribution in [0.4, 0.5) is 0 Å². The third-order valence-corrected chi connectivity index (χ3v) is 4.17. The molecule has 0 aliphatic carbocycles. The fraction of sp³-hybridized carbons (Fsp3) is 0.647. The zero-order valence-electron chi connectivity index (χ0n) is 13.2. The summed E-state index contributed by atoms with van der Waals surface area (Å²) >= 11 is 3.55. The Balaban J connectivity index is 2.42. The molecule has 1 atom stereocenters. The number of ether oxygens (including phenoxy) is 2. The van der Waals surface area contributed by atoms with Gasteiger partial charge in [0.25, 0.3) is 0 Å². The van der Waals surface area contributed by atoms with Gasteiger partial charge in [0.15, 0.2) is 0 Å². The second-order valence-electron chi connectivity index (χ2n) is 5.34. The van der Waals surface area contributed by atoms with Crippen molar-refractivity contribution in [3.63, 3.8) is 0 Å². The van der Waals surface area contributed by atoms with E-state index >= 15 is 0 Å². The Hall–Kier alpha value is -0.580. The number of hydrogen-bond donors (Lipinski definition) is 1. The monoisotopic (exact) mass is 357 g/mol. The lowest BCUT2D eigenvalue weighted by atomic mass is 10.0. The lowest BCUT2D eigenvalue weighted by molar-refractivity contribution is 0.146. The van der Waals surface area contributed by atoms with Crippen molar-refractivity contribution in [3.05, 3.63) is 28.2 Å². The molecule has 0 saturated heterocycles. The van der Waals surface area contributed by atoms with Crippen LogP contribution in [-0.2, 0) is 4.74 Å². The second kappa shape index (κ2) is 11.0. The van der Waals surface area contributed by atoms with Crippen molar-refractivity contribution in [3.8, 4) is 5.75 Å². The van der Waals surface area contributed by atoms with Gasteiger partial charge in [-0.1, -0.05) is 45.1 Å². The summed E-state index contributed by atoms with van der Waals surface area (Å²) in [6, 6.07) is 6.21. The summed E-state index contributed by atoms with van der Waals surface area (Å²) < 4.78 is 11.6.